The molecule has 2 rings (SSSR count). The number of hydrogen-bond acceptors (Lipinski definition) is 5. The molecule has 94 valence electrons. The van der Waals surface area contributed by atoms with E-state index in [0.29, 0.717) is 5.76 Å². The summed E-state index contributed by atoms with van der Waals surface area (Å²) in [5, 5.41) is 7.36. The topological polar surface area (TPSA) is 96.1 Å². The van der Waals surface area contributed by atoms with Crippen LogP contribution in [-0.4, -0.2) is 23.7 Å². The first kappa shape index (κ1) is 12.0. The van der Waals surface area contributed by atoms with Crippen molar-refractivity contribution >= 4 is 23.7 Å². The Labute approximate surface area is 103 Å². The van der Waals surface area contributed by atoms with Crippen LogP contribution in [0.25, 0.3) is 0 Å². The summed E-state index contributed by atoms with van der Waals surface area (Å²) in [4.78, 5) is 22.7. The zero-order valence-electron chi connectivity index (χ0n) is 9.93. The molecule has 2 amide bonds. The highest BCUT2D eigenvalue weighted by molar-refractivity contribution is 6.44. The van der Waals surface area contributed by atoms with Crippen molar-refractivity contribution in [3.8, 4) is 0 Å². The quantitative estimate of drug-likeness (QED) is 0.589. The second-order valence-electron chi connectivity index (χ2n) is 3.84. The van der Waals surface area contributed by atoms with E-state index in [2.05, 4.69) is 21.1 Å². The average Bonchev–Trinajstić information content (AvgIpc) is 2.87. The molecule has 18 heavy (non-hydrogen) atoms. The van der Waals surface area contributed by atoms with Gasteiger partial charge in [0, 0.05) is 0 Å². The summed E-state index contributed by atoms with van der Waals surface area (Å²) in [6.07, 6.45) is 1.38. The molecule has 0 radical (unpaired) electrons. The fourth-order valence-corrected chi connectivity index (χ4v) is 1.42. The second kappa shape index (κ2) is 4.82. The summed E-state index contributed by atoms with van der Waals surface area (Å²) in [6.45, 7) is 3.41. The third-order valence-electron chi connectivity index (χ3n) is 2.44. The van der Waals surface area contributed by atoms with Gasteiger partial charge in [-0.1, -0.05) is 0 Å². The first-order chi connectivity index (χ1) is 8.58. The van der Waals surface area contributed by atoms with Crippen LogP contribution < -0.4 is 10.9 Å². The van der Waals surface area contributed by atoms with Gasteiger partial charge in [0.2, 0.25) is 5.91 Å². The van der Waals surface area contributed by atoms with Gasteiger partial charge in [-0.15, -0.1) is 0 Å². The van der Waals surface area contributed by atoms with E-state index >= 15 is 0 Å². The highest BCUT2D eigenvalue weighted by Gasteiger charge is 2.30. The number of aryl methyl sites for hydroxylation is 1. The Hall–Kier alpha value is -2.44. The van der Waals surface area contributed by atoms with Crippen LogP contribution in [0.15, 0.2) is 26.8 Å². The standard InChI is InChI=1S/C11H12N4O3/c1-6-3-4-8(18-6)5-12-14-11(17)9-7(2)10(16)15-13-9/h3-5,7H,1-2H3,(H,14,17)(H,15,16)/b12-5-/t7-/m0/s1. The molecule has 0 saturated heterocycles. The van der Waals surface area contributed by atoms with Crippen molar-refractivity contribution in [2.75, 3.05) is 0 Å². The summed E-state index contributed by atoms with van der Waals surface area (Å²) in [5.41, 5.74) is 4.63. The van der Waals surface area contributed by atoms with Gasteiger partial charge in [-0.3, -0.25) is 9.59 Å². The molecule has 2 heterocycles. The van der Waals surface area contributed by atoms with Crippen molar-refractivity contribution in [1.82, 2.24) is 10.9 Å². The van der Waals surface area contributed by atoms with Gasteiger partial charge in [0.1, 0.15) is 17.2 Å². The lowest BCUT2D eigenvalue weighted by atomic mass is 10.1. The van der Waals surface area contributed by atoms with Crippen LogP contribution in [0, 0.1) is 12.8 Å². The van der Waals surface area contributed by atoms with Crippen molar-refractivity contribution in [2.45, 2.75) is 13.8 Å². The Kier molecular flexibility index (Phi) is 3.22. The van der Waals surface area contributed by atoms with Crippen molar-refractivity contribution in [3.05, 3.63) is 23.7 Å². The first-order valence-electron chi connectivity index (χ1n) is 5.35. The maximum atomic E-state index is 11.6. The van der Waals surface area contributed by atoms with Crippen molar-refractivity contribution in [3.63, 3.8) is 0 Å². The third kappa shape index (κ3) is 2.45. The number of nitrogens with zero attached hydrogens (tertiary/aromatic N) is 2. The zero-order chi connectivity index (χ0) is 13.1. The fraction of sp³-hybridized carbons (Fsp3) is 0.273. The predicted molar refractivity (Wildman–Crippen MR) is 63.9 cm³/mol. The van der Waals surface area contributed by atoms with Crippen LogP contribution in [0.1, 0.15) is 18.4 Å². The Morgan fingerprint density at radius 2 is 2.39 bits per heavy atom. The highest BCUT2D eigenvalue weighted by Crippen LogP contribution is 2.06. The van der Waals surface area contributed by atoms with Gasteiger partial charge >= 0.3 is 0 Å². The molecule has 7 heteroatoms. The van der Waals surface area contributed by atoms with Crippen LogP contribution >= 0.6 is 0 Å². The summed E-state index contributed by atoms with van der Waals surface area (Å²) in [7, 11) is 0. The second-order valence-corrected chi connectivity index (χ2v) is 3.84. The summed E-state index contributed by atoms with van der Waals surface area (Å²) < 4.78 is 5.23. The number of carbonyl (C=O) groups is 2. The fourth-order valence-electron chi connectivity index (χ4n) is 1.42. The molecule has 1 atom stereocenters. The van der Waals surface area contributed by atoms with E-state index in [-0.39, 0.29) is 11.6 Å². The van der Waals surface area contributed by atoms with Gasteiger partial charge in [0.25, 0.3) is 5.91 Å². The lowest BCUT2D eigenvalue weighted by Crippen LogP contribution is -2.32. The number of hydrogen-bond donors (Lipinski definition) is 2. The number of nitrogens with one attached hydrogen (secondary N) is 2. The molecule has 1 aliphatic rings. The van der Waals surface area contributed by atoms with E-state index in [1.165, 1.54) is 6.21 Å². The van der Waals surface area contributed by atoms with Crippen LogP contribution in [-0.2, 0) is 9.59 Å². The molecule has 1 aromatic rings. The lowest BCUT2D eigenvalue weighted by molar-refractivity contribution is -0.122. The minimum absolute atomic E-state index is 0.118. The molecule has 0 fully saturated rings. The molecular weight excluding hydrogens is 236 g/mol. The molecule has 0 aliphatic carbocycles. The number of carbonyl (C=O) groups excluding carboxylic acids is 2. The summed E-state index contributed by atoms with van der Waals surface area (Å²) in [5.74, 6) is -0.0907. The third-order valence-corrected chi connectivity index (χ3v) is 2.44. The molecule has 0 bridgehead atoms. The molecular formula is C11H12N4O3. The maximum absolute atomic E-state index is 11.6. The number of furan rings is 1. The van der Waals surface area contributed by atoms with E-state index in [1.807, 2.05) is 6.92 Å². The molecule has 1 aliphatic heterocycles. The molecule has 0 spiro atoms. The largest absolute Gasteiger partial charge is 0.460 e. The average molecular weight is 248 g/mol. The number of rotatable bonds is 3. The Morgan fingerprint density at radius 1 is 1.61 bits per heavy atom. The Morgan fingerprint density at radius 3 is 2.94 bits per heavy atom. The molecule has 0 unspecified atom stereocenters. The molecule has 7 nitrogen and oxygen atoms in total. The van der Waals surface area contributed by atoms with Crippen LogP contribution in [0.4, 0.5) is 0 Å². The monoisotopic (exact) mass is 248 g/mol. The van der Waals surface area contributed by atoms with Crippen molar-refractivity contribution in [2.24, 2.45) is 16.1 Å². The Balaban J connectivity index is 1.93. The van der Waals surface area contributed by atoms with E-state index in [4.69, 9.17) is 4.42 Å². The van der Waals surface area contributed by atoms with Gasteiger partial charge in [-0.05, 0) is 26.0 Å². The molecule has 2 N–H and O–H groups in total. The smallest absolute Gasteiger partial charge is 0.288 e. The minimum atomic E-state index is -0.564. The highest BCUT2D eigenvalue weighted by atomic mass is 16.3. The number of hydrazone groups is 2. The van der Waals surface area contributed by atoms with E-state index in [9.17, 15) is 9.59 Å². The van der Waals surface area contributed by atoms with Gasteiger partial charge in [-0.25, -0.2) is 10.9 Å². The predicted octanol–water partition coefficient (Wildman–Crippen LogP) is 0.160. The van der Waals surface area contributed by atoms with Gasteiger partial charge in [-0.2, -0.15) is 10.2 Å². The van der Waals surface area contributed by atoms with Crippen molar-refractivity contribution < 1.29 is 14.0 Å². The SMILES string of the molecule is Cc1ccc(/C=N\NC(=O)C2=NNC(=O)[C@H]2C)o1. The lowest BCUT2D eigenvalue weighted by Gasteiger charge is -2.01. The van der Waals surface area contributed by atoms with E-state index in [0.717, 1.165) is 5.76 Å². The molecule has 0 saturated carbocycles. The van der Waals surface area contributed by atoms with Crippen LogP contribution in [0.2, 0.25) is 0 Å². The van der Waals surface area contributed by atoms with Crippen molar-refractivity contribution in [1.29, 1.82) is 0 Å². The van der Waals surface area contributed by atoms with Gasteiger partial charge in [0.05, 0.1) is 12.1 Å². The normalized spacial score (nSPS) is 18.9. The summed E-state index contributed by atoms with van der Waals surface area (Å²) in [6, 6.07) is 3.51. The zero-order valence-corrected chi connectivity index (χ0v) is 9.93. The van der Waals surface area contributed by atoms with Crippen LogP contribution in [0.3, 0.4) is 0 Å². The van der Waals surface area contributed by atoms with E-state index in [1.54, 1.807) is 19.1 Å². The number of amides is 2. The molecule has 0 aromatic carbocycles. The van der Waals surface area contributed by atoms with E-state index < -0.39 is 11.8 Å². The molecule has 1 aromatic heterocycles. The maximum Gasteiger partial charge on any atom is 0.288 e. The summed E-state index contributed by atoms with van der Waals surface area (Å²) >= 11 is 0. The van der Waals surface area contributed by atoms with Gasteiger partial charge in [0.15, 0.2) is 0 Å². The minimum Gasteiger partial charge on any atom is -0.460 e. The first-order valence-corrected chi connectivity index (χ1v) is 5.35. The van der Waals surface area contributed by atoms with Gasteiger partial charge < -0.3 is 4.42 Å². The van der Waals surface area contributed by atoms with Crippen LogP contribution in [0.5, 0.6) is 0 Å². The Bertz CT molecular complexity index is 544.